The number of aliphatic carboxylic acids is 1. The Hall–Kier alpha value is -1.85. The van der Waals surface area contributed by atoms with Crippen LogP contribution in [0.3, 0.4) is 0 Å². The van der Waals surface area contributed by atoms with Crippen LogP contribution in [0.5, 0.6) is 0 Å². The summed E-state index contributed by atoms with van der Waals surface area (Å²) in [6.45, 7) is 2.16. The summed E-state index contributed by atoms with van der Waals surface area (Å²) in [4.78, 5) is 22.4. The number of nitrogens with zero attached hydrogens (tertiary/aromatic N) is 2. The Labute approximate surface area is 85.9 Å². The average Bonchev–Trinajstić information content (AvgIpc) is 2.41. The van der Waals surface area contributed by atoms with Crippen LogP contribution in [-0.2, 0) is 23.2 Å². The Kier molecular flexibility index (Phi) is 1.99. The van der Waals surface area contributed by atoms with Crippen LogP contribution in [0, 0.1) is 6.92 Å². The molecule has 1 aromatic heterocycles. The lowest BCUT2D eigenvalue weighted by atomic mass is 9.95. The molecule has 1 aliphatic rings. The van der Waals surface area contributed by atoms with Crippen LogP contribution in [-0.4, -0.2) is 26.8 Å². The summed E-state index contributed by atoms with van der Waals surface area (Å²) in [5, 5.41) is 15.7. The van der Waals surface area contributed by atoms with Crippen molar-refractivity contribution in [2.45, 2.75) is 19.4 Å². The fourth-order valence-electron chi connectivity index (χ4n) is 1.93. The van der Waals surface area contributed by atoms with Gasteiger partial charge in [0.1, 0.15) is 0 Å². The number of carboxylic acids is 1. The predicted molar refractivity (Wildman–Crippen MR) is 50.2 cm³/mol. The highest BCUT2D eigenvalue weighted by Crippen LogP contribution is 2.26. The van der Waals surface area contributed by atoms with Crippen LogP contribution < -0.4 is 5.32 Å². The molecule has 2 rings (SSSR count). The van der Waals surface area contributed by atoms with E-state index >= 15 is 0 Å². The number of aryl methyl sites for hydroxylation is 2. The molecule has 0 spiro atoms. The lowest BCUT2D eigenvalue weighted by molar-refractivity contribution is -0.143. The molecule has 1 aromatic rings. The molecule has 1 atom stereocenters. The van der Waals surface area contributed by atoms with Crippen molar-refractivity contribution in [3.05, 3.63) is 17.0 Å². The molecule has 15 heavy (non-hydrogen) atoms. The smallest absolute Gasteiger partial charge is 0.322 e. The fraction of sp³-hybridized carbons (Fsp3) is 0.444. The minimum atomic E-state index is -1.14. The van der Waals surface area contributed by atoms with Gasteiger partial charge in [-0.25, -0.2) is 0 Å². The van der Waals surface area contributed by atoms with Gasteiger partial charge in [0, 0.05) is 19.2 Å². The zero-order valence-corrected chi connectivity index (χ0v) is 8.44. The van der Waals surface area contributed by atoms with Crippen molar-refractivity contribution in [2.24, 2.45) is 7.05 Å². The largest absolute Gasteiger partial charge is 0.480 e. The van der Waals surface area contributed by atoms with Crippen molar-refractivity contribution in [1.29, 1.82) is 0 Å². The van der Waals surface area contributed by atoms with Gasteiger partial charge >= 0.3 is 5.97 Å². The van der Waals surface area contributed by atoms with Crippen molar-refractivity contribution < 1.29 is 14.7 Å². The molecular weight excluding hydrogens is 198 g/mol. The number of carbonyl (C=O) groups excluding carboxylic acids is 1. The third-order valence-electron chi connectivity index (χ3n) is 2.62. The van der Waals surface area contributed by atoms with Crippen LogP contribution in [0.1, 0.15) is 22.9 Å². The number of fused-ring (bicyclic) bond motifs is 1. The van der Waals surface area contributed by atoms with E-state index in [0.29, 0.717) is 12.2 Å². The second-order valence-corrected chi connectivity index (χ2v) is 3.56. The number of amides is 1. The van der Waals surface area contributed by atoms with E-state index in [2.05, 4.69) is 10.4 Å². The third-order valence-corrected chi connectivity index (χ3v) is 2.62. The monoisotopic (exact) mass is 209 g/mol. The van der Waals surface area contributed by atoms with Crippen LogP contribution in [0.25, 0.3) is 0 Å². The zero-order chi connectivity index (χ0) is 11.2. The van der Waals surface area contributed by atoms with E-state index in [1.165, 1.54) is 4.68 Å². The van der Waals surface area contributed by atoms with E-state index in [4.69, 9.17) is 5.11 Å². The lowest BCUT2D eigenvalue weighted by Gasteiger charge is -2.20. The summed E-state index contributed by atoms with van der Waals surface area (Å²) in [7, 11) is 1.65. The Morgan fingerprint density at radius 1 is 1.67 bits per heavy atom. The number of carbonyl (C=O) groups is 2. The Morgan fingerprint density at radius 2 is 2.33 bits per heavy atom. The first-order chi connectivity index (χ1) is 7.02. The van der Waals surface area contributed by atoms with E-state index in [1.807, 2.05) is 0 Å². The molecule has 0 aromatic carbocycles. The number of rotatable bonds is 1. The SMILES string of the molecule is Cc1nn(C)c2c1CNC(=O)C2C(=O)O. The summed E-state index contributed by atoms with van der Waals surface area (Å²) in [5.74, 6) is -2.76. The normalized spacial score (nSPS) is 19.6. The highest BCUT2D eigenvalue weighted by Gasteiger charge is 2.37. The van der Waals surface area contributed by atoms with Crippen LogP contribution in [0.4, 0.5) is 0 Å². The zero-order valence-electron chi connectivity index (χ0n) is 8.44. The Bertz CT molecular complexity index is 450. The molecule has 0 saturated carbocycles. The standard InChI is InChI=1S/C9H11N3O3/c1-4-5-3-10-8(13)6(9(14)15)7(5)12(2)11-4/h6H,3H2,1-2H3,(H,10,13)(H,14,15). The second-order valence-electron chi connectivity index (χ2n) is 3.56. The van der Waals surface area contributed by atoms with Crippen molar-refractivity contribution in [3.8, 4) is 0 Å². The molecule has 1 aliphatic heterocycles. The van der Waals surface area contributed by atoms with Crippen LogP contribution >= 0.6 is 0 Å². The molecule has 0 fully saturated rings. The second kappa shape index (κ2) is 3.08. The van der Waals surface area contributed by atoms with Crippen LogP contribution in [0.15, 0.2) is 0 Å². The first kappa shape index (κ1) is 9.70. The van der Waals surface area contributed by atoms with Gasteiger partial charge in [-0.1, -0.05) is 0 Å². The molecule has 6 heteroatoms. The summed E-state index contributed by atoms with van der Waals surface area (Å²) in [5.41, 5.74) is 2.06. The van der Waals surface area contributed by atoms with Gasteiger partial charge < -0.3 is 10.4 Å². The molecule has 2 N–H and O–H groups in total. The molecule has 2 heterocycles. The highest BCUT2D eigenvalue weighted by molar-refractivity contribution is 6.03. The van der Waals surface area contributed by atoms with Gasteiger partial charge in [0.25, 0.3) is 0 Å². The van der Waals surface area contributed by atoms with E-state index in [9.17, 15) is 9.59 Å². The van der Waals surface area contributed by atoms with Crippen molar-refractivity contribution in [2.75, 3.05) is 0 Å². The molecule has 1 amide bonds. The maximum absolute atomic E-state index is 11.4. The quantitative estimate of drug-likeness (QED) is 0.612. The van der Waals surface area contributed by atoms with E-state index in [1.54, 1.807) is 14.0 Å². The number of hydrogen-bond acceptors (Lipinski definition) is 3. The fourth-order valence-corrected chi connectivity index (χ4v) is 1.93. The molecular formula is C9H11N3O3. The van der Waals surface area contributed by atoms with E-state index < -0.39 is 17.8 Å². The summed E-state index contributed by atoms with van der Waals surface area (Å²) < 4.78 is 1.47. The van der Waals surface area contributed by atoms with Gasteiger partial charge in [0.15, 0.2) is 5.92 Å². The first-order valence-electron chi connectivity index (χ1n) is 4.55. The number of nitrogens with one attached hydrogen (secondary N) is 1. The first-order valence-corrected chi connectivity index (χ1v) is 4.55. The summed E-state index contributed by atoms with van der Waals surface area (Å²) in [6.07, 6.45) is 0. The summed E-state index contributed by atoms with van der Waals surface area (Å²) in [6, 6.07) is 0. The van der Waals surface area contributed by atoms with Gasteiger partial charge in [0.05, 0.1) is 11.4 Å². The molecule has 0 radical (unpaired) electrons. The number of hydrogen-bond donors (Lipinski definition) is 2. The third kappa shape index (κ3) is 1.29. The molecule has 6 nitrogen and oxygen atoms in total. The molecule has 0 saturated heterocycles. The minimum absolute atomic E-state index is 0.359. The van der Waals surface area contributed by atoms with Crippen LogP contribution in [0.2, 0.25) is 0 Å². The lowest BCUT2D eigenvalue weighted by Crippen LogP contribution is -2.39. The molecule has 80 valence electrons. The van der Waals surface area contributed by atoms with Crippen molar-refractivity contribution >= 4 is 11.9 Å². The van der Waals surface area contributed by atoms with Gasteiger partial charge in [-0.2, -0.15) is 5.10 Å². The van der Waals surface area contributed by atoms with Crippen molar-refractivity contribution in [1.82, 2.24) is 15.1 Å². The van der Waals surface area contributed by atoms with Crippen molar-refractivity contribution in [3.63, 3.8) is 0 Å². The predicted octanol–water partition coefficient (Wildman–Crippen LogP) is -0.473. The minimum Gasteiger partial charge on any atom is -0.480 e. The Morgan fingerprint density at radius 3 is 2.93 bits per heavy atom. The maximum atomic E-state index is 11.4. The number of carboxylic acid groups (broad SMARTS) is 1. The van der Waals surface area contributed by atoms with Gasteiger partial charge in [-0.05, 0) is 6.92 Å². The maximum Gasteiger partial charge on any atom is 0.322 e. The van der Waals surface area contributed by atoms with E-state index in [-0.39, 0.29) is 0 Å². The Balaban J connectivity index is 2.61. The topological polar surface area (TPSA) is 84.2 Å². The van der Waals surface area contributed by atoms with Gasteiger partial charge in [-0.15, -0.1) is 0 Å². The summed E-state index contributed by atoms with van der Waals surface area (Å²) >= 11 is 0. The number of aromatic nitrogens is 2. The molecule has 0 bridgehead atoms. The highest BCUT2D eigenvalue weighted by atomic mass is 16.4. The molecule has 1 unspecified atom stereocenters. The van der Waals surface area contributed by atoms with Gasteiger partial charge in [-0.3, -0.25) is 14.3 Å². The van der Waals surface area contributed by atoms with E-state index in [0.717, 1.165) is 11.3 Å². The average molecular weight is 209 g/mol. The van der Waals surface area contributed by atoms with Gasteiger partial charge in [0.2, 0.25) is 5.91 Å². The molecule has 0 aliphatic carbocycles.